The van der Waals surface area contributed by atoms with Crippen LogP contribution in [-0.2, 0) is 9.47 Å². The van der Waals surface area contributed by atoms with Crippen molar-refractivity contribution in [3.63, 3.8) is 0 Å². The number of carbonyl (C=O) groups excluding carboxylic acids is 2. The van der Waals surface area contributed by atoms with Crippen molar-refractivity contribution < 1.29 is 19.1 Å². The van der Waals surface area contributed by atoms with Gasteiger partial charge in [0.05, 0.1) is 23.3 Å². The topological polar surface area (TPSA) is 52.6 Å². The van der Waals surface area contributed by atoms with Gasteiger partial charge in [0, 0.05) is 0 Å². The normalized spacial score (nSPS) is 9.92. The zero-order chi connectivity index (χ0) is 17.9. The Labute approximate surface area is 143 Å². The van der Waals surface area contributed by atoms with Gasteiger partial charge in [0.2, 0.25) is 0 Å². The van der Waals surface area contributed by atoms with Crippen LogP contribution >= 0.6 is 0 Å². The predicted molar refractivity (Wildman–Crippen MR) is 94.0 cm³/mol. The molecule has 0 spiro atoms. The van der Waals surface area contributed by atoms with E-state index in [0.29, 0.717) is 11.1 Å². The monoisotopic (exact) mass is 328 g/mol. The van der Waals surface area contributed by atoms with Gasteiger partial charge in [-0.25, -0.2) is 9.59 Å². The van der Waals surface area contributed by atoms with E-state index in [0.717, 1.165) is 0 Å². The van der Waals surface area contributed by atoms with Crippen LogP contribution in [0.1, 0.15) is 48.4 Å². The molecule has 0 fully saturated rings. The molecule has 2 aromatic rings. The second-order valence-corrected chi connectivity index (χ2v) is 5.64. The molecule has 0 aliphatic heterocycles. The van der Waals surface area contributed by atoms with Crippen LogP contribution in [0.3, 0.4) is 0 Å². The van der Waals surface area contributed by atoms with Crippen LogP contribution in [0.4, 0.5) is 0 Å². The van der Waals surface area contributed by atoms with Crippen molar-refractivity contribution in [2.75, 3.05) is 0 Å². The lowest BCUT2D eigenvalue weighted by Gasteiger charge is -2.06. The first-order valence-electron chi connectivity index (χ1n) is 7.92. The molecule has 24 heavy (non-hydrogen) atoms. The average Bonchev–Trinajstić information content (AvgIpc) is 2.56. The van der Waals surface area contributed by atoms with Crippen molar-refractivity contribution in [3.8, 4) is 0 Å². The first-order valence-corrected chi connectivity index (χ1v) is 7.92. The maximum Gasteiger partial charge on any atom is 0.338 e. The van der Waals surface area contributed by atoms with E-state index < -0.39 is 0 Å². The Hall–Kier alpha value is -2.62. The number of esters is 2. The Bertz CT molecular complexity index is 561. The van der Waals surface area contributed by atoms with E-state index in [2.05, 4.69) is 0 Å². The Balaban J connectivity index is 0.000000240. The summed E-state index contributed by atoms with van der Waals surface area (Å²) in [6.07, 6.45) is -0.115. The van der Waals surface area contributed by atoms with Crippen molar-refractivity contribution in [1.29, 1.82) is 0 Å². The highest BCUT2D eigenvalue weighted by molar-refractivity contribution is 5.89. The van der Waals surface area contributed by atoms with Gasteiger partial charge in [-0.1, -0.05) is 36.4 Å². The smallest absolute Gasteiger partial charge is 0.338 e. The summed E-state index contributed by atoms with van der Waals surface area (Å²) in [5.74, 6) is -0.517. The zero-order valence-corrected chi connectivity index (χ0v) is 14.6. The molecule has 0 saturated heterocycles. The van der Waals surface area contributed by atoms with Gasteiger partial charge in [-0.15, -0.1) is 0 Å². The maximum absolute atomic E-state index is 11.2. The standard InChI is InChI=1S/2C10H12O2/c2*1-8(2)12-10(11)9-6-4-3-5-7-9/h2*3-8H,1-2H3. The number of benzene rings is 2. The summed E-state index contributed by atoms with van der Waals surface area (Å²) in [5, 5.41) is 0. The fourth-order valence-corrected chi connectivity index (χ4v) is 1.71. The predicted octanol–water partition coefficient (Wildman–Crippen LogP) is 4.50. The van der Waals surface area contributed by atoms with Gasteiger partial charge < -0.3 is 9.47 Å². The number of hydrogen-bond donors (Lipinski definition) is 0. The summed E-state index contributed by atoms with van der Waals surface area (Å²) in [6, 6.07) is 18.0. The fraction of sp³-hybridized carbons (Fsp3) is 0.300. The molecular formula is C20H24O4. The number of carbonyl (C=O) groups is 2. The van der Waals surface area contributed by atoms with Crippen molar-refractivity contribution in [2.45, 2.75) is 39.9 Å². The van der Waals surface area contributed by atoms with Crippen LogP contribution in [0, 0.1) is 0 Å². The van der Waals surface area contributed by atoms with E-state index >= 15 is 0 Å². The number of hydrogen-bond acceptors (Lipinski definition) is 4. The third kappa shape index (κ3) is 7.58. The largest absolute Gasteiger partial charge is 0.459 e. The Morgan fingerprint density at radius 1 is 0.625 bits per heavy atom. The van der Waals surface area contributed by atoms with Crippen LogP contribution in [0.25, 0.3) is 0 Å². The van der Waals surface area contributed by atoms with Crippen LogP contribution in [0.2, 0.25) is 0 Å². The van der Waals surface area contributed by atoms with Crippen LogP contribution < -0.4 is 0 Å². The van der Waals surface area contributed by atoms with Crippen molar-refractivity contribution in [2.24, 2.45) is 0 Å². The molecule has 2 aromatic carbocycles. The molecule has 0 amide bonds. The lowest BCUT2D eigenvalue weighted by atomic mass is 10.2. The van der Waals surface area contributed by atoms with E-state index in [-0.39, 0.29) is 24.1 Å². The fourth-order valence-electron chi connectivity index (χ4n) is 1.71. The number of rotatable bonds is 4. The Morgan fingerprint density at radius 3 is 1.17 bits per heavy atom. The summed E-state index contributed by atoms with van der Waals surface area (Å²) in [4.78, 5) is 22.5. The summed E-state index contributed by atoms with van der Waals surface area (Å²) < 4.78 is 9.99. The number of ether oxygens (including phenoxy) is 2. The molecule has 2 rings (SSSR count). The minimum Gasteiger partial charge on any atom is -0.459 e. The van der Waals surface area contributed by atoms with Crippen LogP contribution in [0.15, 0.2) is 60.7 Å². The Kier molecular flexibility index (Phi) is 8.26. The highest BCUT2D eigenvalue weighted by atomic mass is 16.5. The van der Waals surface area contributed by atoms with Gasteiger partial charge in [-0.05, 0) is 52.0 Å². The minimum absolute atomic E-state index is 0.0577. The zero-order valence-electron chi connectivity index (χ0n) is 14.6. The summed E-state index contributed by atoms with van der Waals surface area (Å²) in [7, 11) is 0. The first kappa shape index (κ1) is 19.4. The van der Waals surface area contributed by atoms with E-state index in [1.54, 1.807) is 24.3 Å². The van der Waals surface area contributed by atoms with E-state index in [9.17, 15) is 9.59 Å². The van der Waals surface area contributed by atoms with Gasteiger partial charge in [0.25, 0.3) is 0 Å². The molecule has 0 atom stereocenters. The van der Waals surface area contributed by atoms with E-state index in [1.165, 1.54) is 0 Å². The summed E-state index contributed by atoms with van der Waals surface area (Å²) in [6.45, 7) is 7.34. The molecule has 128 valence electrons. The quantitative estimate of drug-likeness (QED) is 0.775. The van der Waals surface area contributed by atoms with Crippen molar-refractivity contribution in [3.05, 3.63) is 71.8 Å². The van der Waals surface area contributed by atoms with Crippen molar-refractivity contribution in [1.82, 2.24) is 0 Å². The van der Waals surface area contributed by atoms with Crippen LogP contribution in [0.5, 0.6) is 0 Å². The second kappa shape index (κ2) is 10.2. The van der Waals surface area contributed by atoms with Gasteiger partial charge >= 0.3 is 11.9 Å². The van der Waals surface area contributed by atoms with Crippen LogP contribution in [-0.4, -0.2) is 24.1 Å². The molecule has 0 radical (unpaired) electrons. The summed E-state index contributed by atoms with van der Waals surface area (Å²) >= 11 is 0. The SMILES string of the molecule is CC(C)OC(=O)c1ccccc1.CC(C)OC(=O)c1ccccc1. The molecule has 0 aromatic heterocycles. The van der Waals surface area contributed by atoms with Gasteiger partial charge in [0.1, 0.15) is 0 Å². The summed E-state index contributed by atoms with van der Waals surface area (Å²) in [5.41, 5.74) is 1.21. The highest BCUT2D eigenvalue weighted by Crippen LogP contribution is 2.03. The van der Waals surface area contributed by atoms with E-state index in [4.69, 9.17) is 9.47 Å². The van der Waals surface area contributed by atoms with Crippen molar-refractivity contribution >= 4 is 11.9 Å². The van der Waals surface area contributed by atoms with Gasteiger partial charge in [-0.3, -0.25) is 0 Å². The van der Waals surface area contributed by atoms with E-state index in [1.807, 2.05) is 64.1 Å². The molecule has 0 unspecified atom stereocenters. The van der Waals surface area contributed by atoms with Gasteiger partial charge in [0.15, 0.2) is 0 Å². The molecule has 4 nitrogen and oxygen atoms in total. The third-order valence-electron chi connectivity index (χ3n) is 2.70. The molecule has 4 heteroatoms. The lowest BCUT2D eigenvalue weighted by molar-refractivity contribution is 0.0367. The minimum atomic E-state index is -0.259. The highest BCUT2D eigenvalue weighted by Gasteiger charge is 2.07. The Morgan fingerprint density at radius 2 is 0.917 bits per heavy atom. The molecule has 0 bridgehead atoms. The molecular weight excluding hydrogens is 304 g/mol. The molecule has 0 N–H and O–H groups in total. The maximum atomic E-state index is 11.2. The molecule has 0 aliphatic rings. The second-order valence-electron chi connectivity index (χ2n) is 5.64. The third-order valence-corrected chi connectivity index (χ3v) is 2.70. The lowest BCUT2D eigenvalue weighted by Crippen LogP contribution is -2.11. The average molecular weight is 328 g/mol. The first-order chi connectivity index (χ1) is 11.4. The molecule has 0 saturated carbocycles. The molecule has 0 heterocycles. The molecule has 0 aliphatic carbocycles. The van der Waals surface area contributed by atoms with Gasteiger partial charge in [-0.2, -0.15) is 0 Å².